The third kappa shape index (κ3) is 4.69. The lowest BCUT2D eigenvalue weighted by atomic mass is 10.1. The van der Waals surface area contributed by atoms with Crippen LogP contribution < -0.4 is 11.1 Å². The Morgan fingerprint density at radius 1 is 1.32 bits per heavy atom. The topological polar surface area (TPSA) is 113 Å². The fourth-order valence-electron chi connectivity index (χ4n) is 3.10. The van der Waals surface area contributed by atoms with Crippen molar-refractivity contribution in [3.05, 3.63) is 52.3 Å². The molecule has 1 aromatic carbocycles. The standard InChI is InChI=1S/C20H27N5O3/c1-20(2,3)28-19(27)25-8-7-16-15(12-25)17(24-23-16)18(26)22-11-14-6-4-5-13(9-14)10-21/h4-6,9H,7-8,10-12,21H2,1-3H3,(H,22,26)(H,23,24). The quantitative estimate of drug-likeness (QED) is 0.746. The highest BCUT2D eigenvalue weighted by atomic mass is 16.6. The van der Waals surface area contributed by atoms with Crippen LogP contribution in [0.5, 0.6) is 0 Å². The Labute approximate surface area is 164 Å². The predicted molar refractivity (Wildman–Crippen MR) is 104 cm³/mol. The molecule has 2 aromatic rings. The molecule has 3 rings (SSSR count). The number of aromatic nitrogens is 2. The number of rotatable bonds is 4. The molecular weight excluding hydrogens is 358 g/mol. The van der Waals surface area contributed by atoms with Crippen LogP contribution in [-0.2, 0) is 30.8 Å². The summed E-state index contributed by atoms with van der Waals surface area (Å²) < 4.78 is 5.44. The number of nitrogens with two attached hydrogens (primary N) is 1. The lowest BCUT2D eigenvalue weighted by molar-refractivity contribution is 0.0222. The highest BCUT2D eigenvalue weighted by molar-refractivity contribution is 5.94. The Bertz CT molecular complexity index is 869. The molecule has 1 aliphatic rings. The average Bonchev–Trinajstić information content (AvgIpc) is 3.08. The minimum Gasteiger partial charge on any atom is -0.444 e. The van der Waals surface area contributed by atoms with Crippen molar-refractivity contribution in [1.82, 2.24) is 20.4 Å². The van der Waals surface area contributed by atoms with Crippen LogP contribution in [0.4, 0.5) is 4.79 Å². The van der Waals surface area contributed by atoms with Crippen molar-refractivity contribution in [2.45, 2.75) is 52.4 Å². The summed E-state index contributed by atoms with van der Waals surface area (Å²) in [5, 5.41) is 9.99. The molecular formula is C20H27N5O3. The summed E-state index contributed by atoms with van der Waals surface area (Å²) in [6.07, 6.45) is 0.220. The second-order valence-corrected chi connectivity index (χ2v) is 7.89. The molecule has 28 heavy (non-hydrogen) atoms. The van der Waals surface area contributed by atoms with Crippen LogP contribution in [0, 0.1) is 0 Å². The van der Waals surface area contributed by atoms with Crippen LogP contribution in [0.25, 0.3) is 0 Å². The normalized spacial score (nSPS) is 13.8. The average molecular weight is 385 g/mol. The zero-order valence-corrected chi connectivity index (χ0v) is 16.5. The highest BCUT2D eigenvalue weighted by Crippen LogP contribution is 2.22. The maximum atomic E-state index is 12.7. The molecule has 2 amide bonds. The maximum absolute atomic E-state index is 12.7. The van der Waals surface area contributed by atoms with Gasteiger partial charge in [0.1, 0.15) is 5.60 Å². The number of aromatic amines is 1. The number of H-pyrrole nitrogens is 1. The van der Waals surface area contributed by atoms with Crippen LogP contribution in [0.3, 0.4) is 0 Å². The maximum Gasteiger partial charge on any atom is 0.410 e. The minimum atomic E-state index is -0.563. The molecule has 0 spiro atoms. The first-order valence-corrected chi connectivity index (χ1v) is 9.37. The molecule has 0 bridgehead atoms. The Balaban J connectivity index is 1.67. The third-order valence-corrected chi connectivity index (χ3v) is 4.48. The minimum absolute atomic E-state index is 0.276. The molecule has 0 saturated carbocycles. The van der Waals surface area contributed by atoms with Crippen LogP contribution in [0.2, 0.25) is 0 Å². The van der Waals surface area contributed by atoms with Crippen molar-refractivity contribution in [1.29, 1.82) is 0 Å². The van der Waals surface area contributed by atoms with Gasteiger partial charge in [0.15, 0.2) is 5.69 Å². The smallest absolute Gasteiger partial charge is 0.410 e. The van der Waals surface area contributed by atoms with Crippen molar-refractivity contribution >= 4 is 12.0 Å². The van der Waals surface area contributed by atoms with E-state index in [1.165, 1.54) is 0 Å². The van der Waals surface area contributed by atoms with Crippen molar-refractivity contribution in [2.24, 2.45) is 5.73 Å². The molecule has 0 saturated heterocycles. The van der Waals surface area contributed by atoms with Crippen LogP contribution in [-0.4, -0.2) is 39.2 Å². The lowest BCUT2D eigenvalue weighted by Crippen LogP contribution is -2.40. The van der Waals surface area contributed by atoms with Gasteiger partial charge in [0.2, 0.25) is 0 Å². The molecule has 0 unspecified atom stereocenters. The summed E-state index contributed by atoms with van der Waals surface area (Å²) in [7, 11) is 0. The number of amides is 2. The first-order valence-electron chi connectivity index (χ1n) is 9.37. The fraction of sp³-hybridized carbons (Fsp3) is 0.450. The largest absolute Gasteiger partial charge is 0.444 e. The summed E-state index contributed by atoms with van der Waals surface area (Å²) in [5.74, 6) is -0.276. The van der Waals surface area contributed by atoms with Crippen LogP contribution in [0.1, 0.15) is 53.6 Å². The van der Waals surface area contributed by atoms with E-state index >= 15 is 0 Å². The van der Waals surface area contributed by atoms with Crippen molar-refractivity contribution in [3.8, 4) is 0 Å². The summed E-state index contributed by atoms with van der Waals surface area (Å²) in [6.45, 7) is 7.15. The Morgan fingerprint density at radius 3 is 2.79 bits per heavy atom. The summed E-state index contributed by atoms with van der Waals surface area (Å²) in [5.41, 5.74) is 9.02. The Morgan fingerprint density at radius 2 is 2.07 bits per heavy atom. The molecule has 0 fully saturated rings. The molecule has 150 valence electrons. The Hall–Kier alpha value is -2.87. The number of ether oxygens (including phenoxy) is 1. The number of hydrogen-bond acceptors (Lipinski definition) is 5. The molecule has 8 heteroatoms. The summed E-state index contributed by atoms with van der Waals surface area (Å²) in [4.78, 5) is 26.6. The van der Waals surface area contributed by atoms with E-state index in [1.807, 2.05) is 45.0 Å². The molecule has 0 atom stereocenters. The van der Waals surface area contributed by atoms with E-state index in [0.29, 0.717) is 38.3 Å². The van der Waals surface area contributed by atoms with Gasteiger partial charge in [-0.3, -0.25) is 9.89 Å². The van der Waals surface area contributed by atoms with Gasteiger partial charge in [-0.15, -0.1) is 0 Å². The summed E-state index contributed by atoms with van der Waals surface area (Å²) in [6, 6.07) is 7.76. The van der Waals surface area contributed by atoms with Gasteiger partial charge in [-0.25, -0.2) is 4.79 Å². The van der Waals surface area contributed by atoms with Crippen molar-refractivity contribution in [2.75, 3.05) is 6.54 Å². The van der Waals surface area contributed by atoms with E-state index in [0.717, 1.165) is 22.4 Å². The number of carbonyl (C=O) groups is 2. The van der Waals surface area contributed by atoms with Gasteiger partial charge in [0.25, 0.3) is 5.91 Å². The number of fused-ring (bicyclic) bond motifs is 1. The highest BCUT2D eigenvalue weighted by Gasteiger charge is 2.30. The van der Waals surface area contributed by atoms with E-state index in [9.17, 15) is 9.59 Å². The molecule has 0 radical (unpaired) electrons. The number of carbonyl (C=O) groups excluding carboxylic acids is 2. The van der Waals surface area contributed by atoms with Gasteiger partial charge in [0, 0.05) is 37.3 Å². The van der Waals surface area contributed by atoms with Crippen LogP contribution in [0.15, 0.2) is 24.3 Å². The fourth-order valence-corrected chi connectivity index (χ4v) is 3.10. The van der Waals surface area contributed by atoms with Gasteiger partial charge in [0.05, 0.1) is 6.54 Å². The monoisotopic (exact) mass is 385 g/mol. The van der Waals surface area contributed by atoms with Crippen molar-refractivity contribution < 1.29 is 14.3 Å². The summed E-state index contributed by atoms with van der Waals surface area (Å²) >= 11 is 0. The van der Waals surface area contributed by atoms with E-state index in [-0.39, 0.29) is 12.0 Å². The molecule has 0 aliphatic carbocycles. The number of hydrogen-bond donors (Lipinski definition) is 3. The molecule has 2 heterocycles. The second kappa shape index (κ2) is 8.02. The Kier molecular flexibility index (Phi) is 5.69. The van der Waals surface area contributed by atoms with E-state index in [1.54, 1.807) is 4.90 Å². The van der Waals surface area contributed by atoms with Gasteiger partial charge >= 0.3 is 6.09 Å². The van der Waals surface area contributed by atoms with E-state index in [2.05, 4.69) is 15.5 Å². The van der Waals surface area contributed by atoms with Gasteiger partial charge < -0.3 is 20.7 Å². The molecule has 4 N–H and O–H groups in total. The van der Waals surface area contributed by atoms with Gasteiger partial charge in [-0.2, -0.15) is 5.10 Å². The number of nitrogens with one attached hydrogen (secondary N) is 2. The lowest BCUT2D eigenvalue weighted by Gasteiger charge is -2.30. The van der Waals surface area contributed by atoms with Crippen LogP contribution >= 0.6 is 0 Å². The van der Waals surface area contributed by atoms with E-state index < -0.39 is 5.60 Å². The molecule has 8 nitrogen and oxygen atoms in total. The van der Waals surface area contributed by atoms with Gasteiger partial charge in [-0.05, 0) is 31.9 Å². The SMILES string of the molecule is CC(C)(C)OC(=O)N1CCc2[nH]nc(C(=O)NCc3cccc(CN)c3)c2C1. The van der Waals surface area contributed by atoms with E-state index in [4.69, 9.17) is 10.5 Å². The van der Waals surface area contributed by atoms with Crippen molar-refractivity contribution in [3.63, 3.8) is 0 Å². The predicted octanol–water partition coefficient (Wildman–Crippen LogP) is 2.09. The first kappa shape index (κ1) is 19.9. The zero-order chi connectivity index (χ0) is 20.3. The first-order chi connectivity index (χ1) is 13.3. The molecule has 1 aromatic heterocycles. The number of benzene rings is 1. The zero-order valence-electron chi connectivity index (χ0n) is 16.5. The molecule has 1 aliphatic heterocycles. The van der Waals surface area contributed by atoms with Gasteiger partial charge in [-0.1, -0.05) is 24.3 Å². The second-order valence-electron chi connectivity index (χ2n) is 7.89. The third-order valence-electron chi connectivity index (χ3n) is 4.48. The number of nitrogens with zero attached hydrogens (tertiary/aromatic N) is 2.